The van der Waals surface area contributed by atoms with E-state index in [1.54, 1.807) is 12.1 Å². The fourth-order valence-corrected chi connectivity index (χ4v) is 19.3. The van der Waals surface area contributed by atoms with Gasteiger partial charge in [0.2, 0.25) is 11.8 Å². The van der Waals surface area contributed by atoms with Crippen LogP contribution in [0.15, 0.2) is 172 Å². The van der Waals surface area contributed by atoms with E-state index in [2.05, 4.69) is 10.6 Å². The molecule has 6 atom stereocenters. The third-order valence-corrected chi connectivity index (χ3v) is 22.9. The van der Waals surface area contributed by atoms with Crippen LogP contribution in [-0.4, -0.2) is 91.4 Å². The van der Waals surface area contributed by atoms with Gasteiger partial charge >= 0.3 is 35.8 Å². The van der Waals surface area contributed by atoms with Crippen LogP contribution in [0.4, 0.5) is 0 Å². The molecule has 398 valence electrons. The topological polar surface area (TPSA) is 282 Å². The zero-order valence-corrected chi connectivity index (χ0v) is 45.6. The van der Waals surface area contributed by atoms with Gasteiger partial charge in [0.15, 0.2) is 0 Å². The summed E-state index contributed by atoms with van der Waals surface area (Å²) >= 11 is 0. The monoisotopic (exact) mass is 1180 g/mol. The zero-order valence-electron chi connectivity index (χ0n) is 40.7. The van der Waals surface area contributed by atoms with Crippen LogP contribution in [0.1, 0.15) is 102 Å². The Morgan fingerprint density at radius 1 is 0.325 bits per heavy atom. The molecule has 14 aliphatic heterocycles. The predicted molar refractivity (Wildman–Crippen MR) is 298 cm³/mol. The summed E-state index contributed by atoms with van der Waals surface area (Å²) in [5, 5.41) is 67.4. The van der Waals surface area contributed by atoms with Gasteiger partial charge in [-0.15, -0.1) is 0 Å². The molecule has 0 unspecified atom stereocenters. The number of benzene rings is 6. The van der Waals surface area contributed by atoms with Crippen molar-refractivity contribution in [3.8, 4) is 0 Å². The molecule has 14 heterocycles. The van der Waals surface area contributed by atoms with Gasteiger partial charge < -0.3 is 41.3 Å². The van der Waals surface area contributed by atoms with E-state index in [0.717, 1.165) is 9.79 Å². The van der Waals surface area contributed by atoms with Crippen molar-refractivity contribution in [3.63, 3.8) is 0 Å². The van der Waals surface area contributed by atoms with Crippen LogP contribution < -0.4 is 10.6 Å². The first kappa shape index (κ1) is 51.8. The van der Waals surface area contributed by atoms with Crippen molar-refractivity contribution in [1.82, 2.24) is 10.6 Å². The van der Waals surface area contributed by atoms with Crippen LogP contribution in [0.3, 0.4) is 0 Å². The third-order valence-electron chi connectivity index (χ3n) is 15.6. The van der Waals surface area contributed by atoms with Crippen molar-refractivity contribution in [3.05, 3.63) is 209 Å². The summed E-state index contributed by atoms with van der Waals surface area (Å²) in [6, 6.07) is 33.3. The van der Waals surface area contributed by atoms with Gasteiger partial charge in [-0.25, -0.2) is 19.2 Å². The molecule has 9 aliphatic carbocycles. The molecule has 6 aromatic rings. The number of hydrogen-bond donors (Lipinski definition) is 8. The predicted octanol–water partition coefficient (Wildman–Crippen LogP) is 9.80. The van der Waals surface area contributed by atoms with E-state index >= 15 is 0 Å². The molecule has 20 bridgehead atoms. The molecule has 0 saturated carbocycles. The number of carbonyl (C=O) groups is 8. The quantitative estimate of drug-likeness (QED) is 0.0592. The van der Waals surface area contributed by atoms with Gasteiger partial charge in [0, 0.05) is 76.0 Å². The van der Waals surface area contributed by atoms with Crippen molar-refractivity contribution in [2.75, 3.05) is 13.1 Å². The van der Waals surface area contributed by atoms with Crippen molar-refractivity contribution in [1.29, 1.82) is 0 Å². The third kappa shape index (κ3) is 8.04. The van der Waals surface area contributed by atoms with Crippen molar-refractivity contribution in [2.24, 2.45) is 0 Å². The SMILES string of the molecule is O=C(O)CNC(=O)C1=C(C(=O)NCC(=O)O)[C@H]2c3ccccc3[C@@H]1c1c3ccc(c12)SSc1ccc2c(c1)[C@H]1C(C(=O)O)=C(C(=O)O)[C@@H]2c2cc(ccc21)SSc1ccc2c(c1)[C@H]1C(C(=O)O)=C(C(=O)O)[C@@H]2c2cc(ccc21)SS3. The van der Waals surface area contributed by atoms with Crippen LogP contribution in [0, 0.1) is 0 Å². The highest BCUT2D eigenvalue weighted by atomic mass is 33.1. The number of aliphatic carboxylic acids is 6. The maximum absolute atomic E-state index is 14.6. The number of carbonyl (C=O) groups excluding carboxylic acids is 2. The van der Waals surface area contributed by atoms with Crippen LogP contribution in [0.2, 0.25) is 0 Å². The van der Waals surface area contributed by atoms with Gasteiger partial charge in [-0.05, 0) is 127 Å². The summed E-state index contributed by atoms with van der Waals surface area (Å²) in [5.41, 5.74) is 6.63. The molecule has 0 spiro atoms. The van der Waals surface area contributed by atoms with Gasteiger partial charge in [-0.2, -0.15) is 0 Å². The molecule has 6 aromatic carbocycles. The molecular formula is C58H36N2O14S6. The zero-order chi connectivity index (χ0) is 55.7. The van der Waals surface area contributed by atoms with E-state index in [-0.39, 0.29) is 33.4 Å². The standard InChI is InChI=1S/C58H36N2O14S6/c61-37(62)19-59-53(65)47-43-25-3-1-2-4-26(25)44(48(47)54(66)60-20-38(63)64)46-36-14-13-35(45(43)46)79-77-23-7-11-29-33(17-23)41-27-9-5-21(15-31(27)39(29)49(55(67)68)51(41)57(71)72)75-76-22-6-10-28-32(16-22)40-30-12-8-24(78-80-36)18-34(30)42(28)52(58(73)74)50(40)56(69)70/h1-18,39-44H,19-20H2,(H,59,65)(H,60,66)(H,61,62)(H,63,64)(H,67,68)(H,69,70)(H,71,72)(H,73,74)/t39-,40-,41-,42-,43-,44+/m0/s1. The number of nitrogens with one attached hydrogen (secondary N) is 2. The van der Waals surface area contributed by atoms with Crippen LogP contribution in [-0.2, 0) is 38.4 Å². The molecule has 16 nitrogen and oxygen atoms in total. The van der Waals surface area contributed by atoms with Crippen molar-refractivity contribution in [2.45, 2.75) is 64.9 Å². The summed E-state index contributed by atoms with van der Waals surface area (Å²) in [5.74, 6) is -15.6. The molecule has 0 radical (unpaired) electrons. The average Bonchev–Trinajstić information content (AvgIpc) is 3.64. The molecule has 22 heteroatoms. The first-order valence-corrected chi connectivity index (χ1v) is 30.9. The molecular weight excluding hydrogens is 1140 g/mol. The first-order valence-electron chi connectivity index (χ1n) is 24.5. The van der Waals surface area contributed by atoms with Crippen LogP contribution in [0.5, 0.6) is 0 Å². The highest BCUT2D eigenvalue weighted by Crippen LogP contribution is 2.64. The highest BCUT2D eigenvalue weighted by molar-refractivity contribution is 8.77. The Balaban J connectivity index is 1.02. The van der Waals surface area contributed by atoms with Crippen LogP contribution >= 0.6 is 64.8 Å². The lowest BCUT2D eigenvalue weighted by atomic mass is 9.60. The second kappa shape index (κ2) is 19.6. The first-order chi connectivity index (χ1) is 38.5. The number of rotatable bonds is 10. The summed E-state index contributed by atoms with van der Waals surface area (Å²) in [6.07, 6.45) is 0. The second-order valence-corrected chi connectivity index (χ2v) is 26.4. The van der Waals surface area contributed by atoms with Crippen LogP contribution in [0.25, 0.3) is 0 Å². The fourth-order valence-electron chi connectivity index (χ4n) is 12.8. The van der Waals surface area contributed by atoms with Crippen molar-refractivity contribution >= 4 is 112 Å². The Morgan fingerprint density at radius 3 is 0.875 bits per heavy atom. The van der Waals surface area contributed by atoms with E-state index in [9.17, 15) is 69.0 Å². The lowest BCUT2D eigenvalue weighted by molar-refractivity contribution is -0.138. The largest absolute Gasteiger partial charge is 0.480 e. The summed E-state index contributed by atoms with van der Waals surface area (Å²) in [7, 11) is 8.13. The van der Waals surface area contributed by atoms with E-state index in [1.807, 2.05) is 97.1 Å². The van der Waals surface area contributed by atoms with Gasteiger partial charge in [0.05, 0.1) is 22.3 Å². The molecule has 29 rings (SSSR count). The smallest absolute Gasteiger partial charge is 0.333 e. The van der Waals surface area contributed by atoms with Gasteiger partial charge in [-0.1, -0.05) is 113 Å². The second-order valence-electron chi connectivity index (χ2n) is 19.6. The normalized spacial score (nSPS) is 21.1. The summed E-state index contributed by atoms with van der Waals surface area (Å²) in [6.45, 7) is -1.57. The Kier molecular flexibility index (Phi) is 12.7. The van der Waals surface area contributed by atoms with Gasteiger partial charge in [-0.3, -0.25) is 19.2 Å². The molecule has 0 aromatic heterocycles. The lowest BCUT2D eigenvalue weighted by Crippen LogP contribution is -2.43. The minimum absolute atomic E-state index is 0.0577. The minimum atomic E-state index is -1.36. The van der Waals surface area contributed by atoms with E-state index in [4.69, 9.17) is 0 Å². The molecule has 80 heavy (non-hydrogen) atoms. The number of carboxylic acid groups (broad SMARTS) is 6. The number of carboxylic acids is 6. The highest BCUT2D eigenvalue weighted by Gasteiger charge is 2.52. The van der Waals surface area contributed by atoms with Gasteiger partial charge in [0.1, 0.15) is 13.1 Å². The van der Waals surface area contributed by atoms with E-state index in [1.165, 1.54) is 64.8 Å². The minimum Gasteiger partial charge on any atom is -0.480 e. The molecule has 23 aliphatic rings. The van der Waals surface area contributed by atoms with Gasteiger partial charge in [0.25, 0.3) is 0 Å². The average molecular weight is 1180 g/mol. The maximum atomic E-state index is 14.6. The van der Waals surface area contributed by atoms with Crippen molar-refractivity contribution < 1.29 is 69.0 Å². The fraction of sp³-hybridized carbons (Fsp3) is 0.138. The maximum Gasteiger partial charge on any atom is 0.333 e. The lowest BCUT2D eigenvalue weighted by Gasteiger charge is -2.44. The molecule has 0 saturated heterocycles. The van der Waals surface area contributed by atoms with E-state index in [0.29, 0.717) is 86.3 Å². The van der Waals surface area contributed by atoms with E-state index < -0.39 is 96.2 Å². The number of amides is 2. The Labute approximate surface area is 476 Å². The summed E-state index contributed by atoms with van der Waals surface area (Å²) < 4.78 is 0. The summed E-state index contributed by atoms with van der Waals surface area (Å²) in [4.78, 5) is 110. The molecule has 8 N–H and O–H groups in total. The Hall–Kier alpha value is -7.60. The Morgan fingerprint density at radius 2 is 0.600 bits per heavy atom. The Bertz CT molecular complexity index is 3800. The number of hydrogen-bond acceptors (Lipinski definition) is 14. The molecule has 0 fully saturated rings. The molecule has 2 amide bonds.